The van der Waals surface area contributed by atoms with Gasteiger partial charge < -0.3 is 10.4 Å². The maximum atomic E-state index is 11.9. The molecule has 0 spiro atoms. The van der Waals surface area contributed by atoms with Crippen LogP contribution in [0, 0.1) is 0 Å². The molecule has 0 aromatic carbocycles. The number of nitrogens with zero attached hydrogens (tertiary/aromatic N) is 3. The first-order valence-electron chi connectivity index (χ1n) is 5.85. The van der Waals surface area contributed by atoms with Gasteiger partial charge in [-0.25, -0.2) is 0 Å². The van der Waals surface area contributed by atoms with Crippen LogP contribution in [0.2, 0.25) is 0 Å². The van der Waals surface area contributed by atoms with E-state index in [0.717, 1.165) is 5.69 Å². The molecule has 2 N–H and O–H groups in total. The molecular formula is C13H14N4O2. The maximum absolute atomic E-state index is 11.9. The minimum atomic E-state index is -0.337. The fourth-order valence-electron chi connectivity index (χ4n) is 1.68. The number of rotatable bonds is 4. The molecule has 0 radical (unpaired) electrons. The van der Waals surface area contributed by atoms with E-state index in [-0.39, 0.29) is 23.3 Å². The molecule has 0 saturated carbocycles. The number of carbonyl (C=O) groups excluding carboxylic acids is 1. The molecule has 6 nitrogen and oxygen atoms in total. The fraction of sp³-hybridized carbons (Fsp3) is 0.231. The summed E-state index contributed by atoms with van der Waals surface area (Å²) in [7, 11) is 0. The van der Waals surface area contributed by atoms with Crippen molar-refractivity contribution in [1.29, 1.82) is 0 Å². The number of carbonyl (C=O) groups is 1. The predicted octanol–water partition coefficient (Wildman–Crippen LogP) is 0.938. The Balaban J connectivity index is 1.98. The van der Waals surface area contributed by atoms with Crippen molar-refractivity contribution >= 4 is 5.91 Å². The molecule has 19 heavy (non-hydrogen) atoms. The van der Waals surface area contributed by atoms with Crippen molar-refractivity contribution in [2.75, 3.05) is 0 Å². The largest absolute Gasteiger partial charge is 0.505 e. The summed E-state index contributed by atoms with van der Waals surface area (Å²) in [5.41, 5.74) is 1.01. The van der Waals surface area contributed by atoms with Gasteiger partial charge in [0.2, 0.25) is 0 Å². The highest BCUT2D eigenvalue weighted by atomic mass is 16.3. The van der Waals surface area contributed by atoms with Gasteiger partial charge in [0.05, 0.1) is 17.5 Å². The molecule has 0 fully saturated rings. The molecule has 6 heteroatoms. The van der Waals surface area contributed by atoms with E-state index in [2.05, 4.69) is 20.3 Å². The van der Waals surface area contributed by atoms with Crippen molar-refractivity contribution in [1.82, 2.24) is 20.3 Å². The van der Waals surface area contributed by atoms with Crippen LogP contribution in [0.4, 0.5) is 0 Å². The van der Waals surface area contributed by atoms with E-state index < -0.39 is 0 Å². The van der Waals surface area contributed by atoms with Crippen molar-refractivity contribution < 1.29 is 9.90 Å². The molecule has 2 aromatic heterocycles. The van der Waals surface area contributed by atoms with Gasteiger partial charge in [0.1, 0.15) is 5.75 Å². The van der Waals surface area contributed by atoms with Gasteiger partial charge in [0.25, 0.3) is 5.91 Å². The molecule has 0 aliphatic heterocycles. The van der Waals surface area contributed by atoms with Crippen molar-refractivity contribution in [2.45, 2.75) is 19.4 Å². The summed E-state index contributed by atoms with van der Waals surface area (Å²) in [6.45, 7) is 1.87. The van der Waals surface area contributed by atoms with Crippen molar-refractivity contribution in [3.05, 3.63) is 48.3 Å². The third-order valence-electron chi connectivity index (χ3n) is 2.55. The highest BCUT2D eigenvalue weighted by Crippen LogP contribution is 2.13. The van der Waals surface area contributed by atoms with Gasteiger partial charge in [-0.3, -0.25) is 19.7 Å². The molecule has 2 rings (SSSR count). The average molecular weight is 258 g/mol. The zero-order valence-electron chi connectivity index (χ0n) is 10.4. The lowest BCUT2D eigenvalue weighted by Gasteiger charge is -2.13. The zero-order valence-corrected chi connectivity index (χ0v) is 10.4. The average Bonchev–Trinajstić information content (AvgIpc) is 2.40. The molecule has 0 unspecified atom stereocenters. The number of hydrogen-bond donors (Lipinski definition) is 2. The third-order valence-corrected chi connectivity index (χ3v) is 2.55. The van der Waals surface area contributed by atoms with Gasteiger partial charge in [-0.15, -0.1) is 0 Å². The highest BCUT2D eigenvalue weighted by molar-refractivity contribution is 5.96. The second-order valence-corrected chi connectivity index (χ2v) is 4.17. The SMILES string of the molecule is C[C@H](Cc1cnccn1)NC(=O)c1ccncc1O. The Morgan fingerprint density at radius 3 is 2.79 bits per heavy atom. The molecule has 1 amide bonds. The van der Waals surface area contributed by atoms with Crippen LogP contribution in [-0.2, 0) is 6.42 Å². The summed E-state index contributed by atoms with van der Waals surface area (Å²) in [6, 6.07) is 1.36. The molecule has 2 heterocycles. The van der Waals surface area contributed by atoms with Crippen LogP contribution >= 0.6 is 0 Å². The topological polar surface area (TPSA) is 88.0 Å². The van der Waals surface area contributed by atoms with Gasteiger partial charge in [-0.2, -0.15) is 0 Å². The summed E-state index contributed by atoms with van der Waals surface area (Å²) in [5, 5.41) is 12.3. The van der Waals surface area contributed by atoms with Crippen molar-refractivity contribution in [3.63, 3.8) is 0 Å². The molecule has 98 valence electrons. The van der Waals surface area contributed by atoms with E-state index in [1.54, 1.807) is 18.6 Å². The number of pyridine rings is 1. The summed E-state index contributed by atoms with van der Waals surface area (Å²) in [5.74, 6) is -0.469. The Labute approximate surface area is 110 Å². The lowest BCUT2D eigenvalue weighted by Crippen LogP contribution is -2.34. The van der Waals surface area contributed by atoms with Gasteiger partial charge in [0, 0.05) is 37.3 Å². The lowest BCUT2D eigenvalue weighted by atomic mass is 10.1. The monoisotopic (exact) mass is 258 g/mol. The first-order valence-corrected chi connectivity index (χ1v) is 5.85. The number of aromatic nitrogens is 3. The van der Waals surface area contributed by atoms with E-state index in [0.29, 0.717) is 6.42 Å². The van der Waals surface area contributed by atoms with Gasteiger partial charge in [-0.1, -0.05) is 0 Å². The fourth-order valence-corrected chi connectivity index (χ4v) is 1.68. The number of aromatic hydroxyl groups is 1. The third kappa shape index (κ3) is 3.48. The first kappa shape index (κ1) is 12.9. The van der Waals surface area contributed by atoms with Gasteiger partial charge in [-0.05, 0) is 13.0 Å². The second kappa shape index (κ2) is 5.90. The minimum absolute atomic E-state index is 0.114. The lowest BCUT2D eigenvalue weighted by molar-refractivity contribution is 0.0937. The van der Waals surface area contributed by atoms with E-state index in [9.17, 15) is 9.90 Å². The van der Waals surface area contributed by atoms with Crippen LogP contribution < -0.4 is 5.32 Å². The first-order chi connectivity index (χ1) is 9.16. The Hall–Kier alpha value is -2.50. The van der Waals surface area contributed by atoms with Crippen LogP contribution in [0.1, 0.15) is 23.0 Å². The predicted molar refractivity (Wildman–Crippen MR) is 68.6 cm³/mol. The Morgan fingerprint density at radius 2 is 2.11 bits per heavy atom. The second-order valence-electron chi connectivity index (χ2n) is 4.17. The molecule has 0 aliphatic carbocycles. The Morgan fingerprint density at radius 1 is 1.32 bits per heavy atom. The molecule has 0 bridgehead atoms. The standard InChI is InChI=1S/C13H14N4O2/c1-9(6-10-7-15-4-5-16-10)17-13(19)11-2-3-14-8-12(11)18/h2-5,7-9,18H,6H2,1H3,(H,17,19)/t9-/m1/s1. The smallest absolute Gasteiger partial charge is 0.255 e. The Kier molecular flexibility index (Phi) is 4.02. The zero-order chi connectivity index (χ0) is 13.7. The van der Waals surface area contributed by atoms with Crippen LogP contribution in [0.25, 0.3) is 0 Å². The molecular weight excluding hydrogens is 244 g/mol. The number of nitrogens with one attached hydrogen (secondary N) is 1. The molecule has 0 saturated heterocycles. The van der Waals surface area contributed by atoms with Crippen molar-refractivity contribution in [2.24, 2.45) is 0 Å². The van der Waals surface area contributed by atoms with Crippen LogP contribution in [0.5, 0.6) is 5.75 Å². The van der Waals surface area contributed by atoms with E-state index >= 15 is 0 Å². The van der Waals surface area contributed by atoms with Crippen molar-refractivity contribution in [3.8, 4) is 5.75 Å². The quantitative estimate of drug-likeness (QED) is 0.852. The number of amides is 1. The van der Waals surface area contributed by atoms with Crippen LogP contribution in [0.15, 0.2) is 37.1 Å². The molecule has 0 aliphatic rings. The summed E-state index contributed by atoms with van der Waals surface area (Å²) in [4.78, 5) is 23.8. The highest BCUT2D eigenvalue weighted by Gasteiger charge is 2.14. The maximum Gasteiger partial charge on any atom is 0.255 e. The van der Waals surface area contributed by atoms with E-state index in [1.807, 2.05) is 6.92 Å². The molecule has 1 atom stereocenters. The summed E-state index contributed by atoms with van der Waals surface area (Å²) in [6.07, 6.45) is 8.14. The van der Waals surface area contributed by atoms with E-state index in [1.165, 1.54) is 18.5 Å². The minimum Gasteiger partial charge on any atom is -0.505 e. The summed E-state index contributed by atoms with van der Waals surface area (Å²) >= 11 is 0. The summed E-state index contributed by atoms with van der Waals surface area (Å²) < 4.78 is 0. The van der Waals surface area contributed by atoms with Gasteiger partial charge in [0.15, 0.2) is 0 Å². The number of hydrogen-bond acceptors (Lipinski definition) is 5. The normalized spacial score (nSPS) is 11.8. The van der Waals surface area contributed by atoms with Crippen LogP contribution in [-0.4, -0.2) is 32.0 Å². The van der Waals surface area contributed by atoms with Gasteiger partial charge >= 0.3 is 0 Å². The molecule has 2 aromatic rings. The van der Waals surface area contributed by atoms with E-state index in [4.69, 9.17) is 0 Å². The van der Waals surface area contributed by atoms with Crippen LogP contribution in [0.3, 0.4) is 0 Å². The Bertz CT molecular complexity index is 560.